The normalized spacial score (nSPS) is 7.54. The summed E-state index contributed by atoms with van der Waals surface area (Å²) in [6.07, 6.45) is 0. The molecule has 1 rings (SSSR count). The molecule has 69 valence electrons. The first-order chi connectivity index (χ1) is 5.72. The monoisotopic (exact) mass is 254 g/mol. The van der Waals surface area contributed by atoms with E-state index in [1.54, 1.807) is 26.2 Å². The van der Waals surface area contributed by atoms with Crippen LogP contribution in [0.15, 0.2) is 24.3 Å². The Bertz CT molecular complexity index is 226. The van der Waals surface area contributed by atoms with Crippen LogP contribution in [-0.4, -0.2) is 25.2 Å². The zero-order valence-electron chi connectivity index (χ0n) is 7.69. The summed E-state index contributed by atoms with van der Waals surface area (Å²) in [6.45, 7) is 0. The van der Waals surface area contributed by atoms with Crippen LogP contribution in [0.25, 0.3) is 5.32 Å². The summed E-state index contributed by atoms with van der Waals surface area (Å²) in [5.41, 5.74) is 0.300. The molecular weight excluding hydrogens is 243 g/mol. The Hall–Kier alpha value is -0.246. The zero-order valence-corrected chi connectivity index (χ0v) is 10.5. The van der Waals surface area contributed by atoms with Crippen LogP contribution in [0.5, 0.6) is 0 Å². The maximum Gasteiger partial charge on any atom is 0.311 e. The van der Waals surface area contributed by atoms with Crippen molar-refractivity contribution >= 4 is 5.97 Å². The van der Waals surface area contributed by atoms with E-state index in [0.717, 1.165) is 0 Å². The van der Waals surface area contributed by atoms with Gasteiger partial charge in [0.05, 0.1) is 0 Å². The quantitative estimate of drug-likeness (QED) is 0.777. The van der Waals surface area contributed by atoms with E-state index < -0.39 is 5.97 Å². The molecule has 0 bridgehead atoms. The first kappa shape index (κ1) is 15.2. The number of carboxylic acids is 1. The predicted molar refractivity (Wildman–Crippen MR) is 47.4 cm³/mol. The summed E-state index contributed by atoms with van der Waals surface area (Å²) in [4.78, 5) is 10.2. The van der Waals surface area contributed by atoms with Gasteiger partial charge in [0.2, 0.25) is 0 Å². The molecule has 13 heavy (non-hydrogen) atoms. The number of rotatable bonds is 1. The van der Waals surface area contributed by atoms with E-state index in [-0.39, 0.29) is 32.7 Å². The number of nitrogens with zero attached hydrogens (tertiary/aromatic N) is 1. The first-order valence-corrected chi connectivity index (χ1v) is 3.39. The molecule has 1 aromatic rings. The van der Waals surface area contributed by atoms with Crippen LogP contribution in [-0.2, 0) is 32.7 Å². The van der Waals surface area contributed by atoms with Crippen LogP contribution >= 0.6 is 0 Å². The Balaban J connectivity index is 0. The molecule has 0 unspecified atom stereocenters. The maximum atomic E-state index is 10.2. The van der Waals surface area contributed by atoms with Gasteiger partial charge >= 0.3 is 5.97 Å². The van der Waals surface area contributed by atoms with Gasteiger partial charge < -0.3 is 10.4 Å². The van der Waals surface area contributed by atoms with Crippen molar-refractivity contribution in [3.8, 4) is 0 Å². The summed E-state index contributed by atoms with van der Waals surface area (Å²) >= 11 is 0. The molecule has 0 fully saturated rings. The number of aromatic carboxylic acids is 1. The third kappa shape index (κ3) is 8.09. The van der Waals surface area contributed by atoms with E-state index >= 15 is 0 Å². The van der Waals surface area contributed by atoms with E-state index in [2.05, 4.69) is 11.4 Å². The Morgan fingerprint density at radius 2 is 1.77 bits per heavy atom. The van der Waals surface area contributed by atoms with Crippen molar-refractivity contribution in [1.29, 1.82) is 0 Å². The fourth-order valence-electron chi connectivity index (χ4n) is 0.529. The molecule has 0 aliphatic carbocycles. The average Bonchev–Trinajstić information content (AvgIpc) is 2.07. The predicted octanol–water partition coefficient (Wildman–Crippen LogP) is 1.80. The van der Waals surface area contributed by atoms with Gasteiger partial charge in [-0.25, -0.2) is 4.79 Å². The van der Waals surface area contributed by atoms with Crippen LogP contribution < -0.4 is 0 Å². The molecular formula is C9H11NO2Y-2. The largest absolute Gasteiger partial charge is 0.668 e. The minimum atomic E-state index is -0.899. The second-order valence-electron chi connectivity index (χ2n) is 2.04. The third-order valence-corrected chi connectivity index (χ3v) is 0.965. The molecule has 0 aromatic heterocycles. The van der Waals surface area contributed by atoms with Gasteiger partial charge in [0.1, 0.15) is 0 Å². The van der Waals surface area contributed by atoms with Gasteiger partial charge in [-0.3, -0.25) is 0 Å². The Labute approximate surface area is 103 Å². The Morgan fingerprint density at radius 1 is 1.38 bits per heavy atom. The smallest absolute Gasteiger partial charge is 0.311 e. The number of hydrogen-bond acceptors (Lipinski definition) is 1. The van der Waals surface area contributed by atoms with Gasteiger partial charge in [-0.15, -0.1) is 0 Å². The van der Waals surface area contributed by atoms with Gasteiger partial charge in [-0.2, -0.15) is 44.4 Å². The number of benzene rings is 1. The van der Waals surface area contributed by atoms with Gasteiger partial charge in [0, 0.05) is 32.7 Å². The van der Waals surface area contributed by atoms with Crippen molar-refractivity contribution in [2.24, 2.45) is 0 Å². The van der Waals surface area contributed by atoms with Crippen LogP contribution in [0.3, 0.4) is 0 Å². The minimum Gasteiger partial charge on any atom is -0.668 e. The van der Waals surface area contributed by atoms with Crippen molar-refractivity contribution in [2.45, 2.75) is 0 Å². The number of carbonyl (C=O) groups is 1. The summed E-state index contributed by atoms with van der Waals surface area (Å²) in [7, 11) is 3.50. The van der Waals surface area contributed by atoms with Crippen LogP contribution in [0.1, 0.15) is 10.4 Å². The Kier molecular flexibility index (Phi) is 11.5. The van der Waals surface area contributed by atoms with Crippen LogP contribution in [0.4, 0.5) is 0 Å². The summed E-state index contributed by atoms with van der Waals surface area (Å²) in [5, 5.41) is 11.9. The molecule has 0 aliphatic heterocycles. The van der Waals surface area contributed by atoms with E-state index in [1.165, 1.54) is 12.1 Å². The average molecular weight is 254 g/mol. The zero-order chi connectivity index (χ0) is 9.40. The van der Waals surface area contributed by atoms with E-state index in [4.69, 9.17) is 5.11 Å². The molecule has 4 heteroatoms. The maximum absolute atomic E-state index is 10.2. The second kappa shape index (κ2) is 9.84. The fourth-order valence-corrected chi connectivity index (χ4v) is 0.529. The fraction of sp³-hybridized carbons (Fsp3) is 0.222. The van der Waals surface area contributed by atoms with Gasteiger partial charge in [-0.05, 0) is 5.56 Å². The second-order valence-corrected chi connectivity index (χ2v) is 2.04. The standard InChI is InChI=1S/C7H5O2.C2H6N.Y/c8-7(9)6-4-2-1-3-5-6;1-3-2;/h2-5H,(H,8,9);1-2H3;/q2*-1;. The topological polar surface area (TPSA) is 51.4 Å². The van der Waals surface area contributed by atoms with E-state index in [0.29, 0.717) is 5.56 Å². The number of carboxylic acid groups (broad SMARTS) is 1. The molecule has 1 aromatic carbocycles. The van der Waals surface area contributed by atoms with Gasteiger partial charge in [0.15, 0.2) is 0 Å². The van der Waals surface area contributed by atoms with E-state index in [1.807, 2.05) is 0 Å². The molecule has 0 saturated heterocycles. The summed E-state index contributed by atoms with van der Waals surface area (Å²) in [5.74, 6) is -0.899. The molecule has 3 nitrogen and oxygen atoms in total. The molecule has 0 amide bonds. The van der Waals surface area contributed by atoms with Crippen LogP contribution in [0, 0.1) is 6.07 Å². The van der Waals surface area contributed by atoms with Crippen molar-refractivity contribution in [1.82, 2.24) is 0 Å². The first-order valence-electron chi connectivity index (χ1n) is 3.39. The molecule has 0 heterocycles. The van der Waals surface area contributed by atoms with E-state index in [9.17, 15) is 4.79 Å². The molecule has 1 N–H and O–H groups in total. The molecule has 1 radical (unpaired) electrons. The van der Waals surface area contributed by atoms with Crippen molar-refractivity contribution < 1.29 is 42.6 Å². The van der Waals surface area contributed by atoms with Gasteiger partial charge in [0.25, 0.3) is 0 Å². The van der Waals surface area contributed by atoms with Crippen LogP contribution in [0.2, 0.25) is 0 Å². The third-order valence-electron chi connectivity index (χ3n) is 0.965. The Morgan fingerprint density at radius 3 is 2.00 bits per heavy atom. The molecule has 0 atom stereocenters. The van der Waals surface area contributed by atoms with Crippen molar-refractivity contribution in [2.75, 3.05) is 14.1 Å². The van der Waals surface area contributed by atoms with Gasteiger partial charge in [-0.1, -0.05) is 0 Å². The molecule has 0 aliphatic rings. The minimum absolute atomic E-state index is 0. The molecule has 0 saturated carbocycles. The molecule has 0 spiro atoms. The summed E-state index contributed by atoms with van der Waals surface area (Å²) in [6, 6.07) is 8.87. The van der Waals surface area contributed by atoms with Crippen molar-refractivity contribution in [3.63, 3.8) is 0 Å². The SMILES string of the molecule is C[N-]C.O=C(O)c1cc[c-]cc1.[Y]. The number of hydrogen-bond donors (Lipinski definition) is 1. The van der Waals surface area contributed by atoms with Crippen molar-refractivity contribution in [3.05, 3.63) is 41.2 Å². The summed E-state index contributed by atoms with van der Waals surface area (Å²) < 4.78 is 0.